The first-order chi connectivity index (χ1) is 9.41. The summed E-state index contributed by atoms with van der Waals surface area (Å²) in [5, 5.41) is -0.227. The molecule has 0 aromatic carbocycles. The molecule has 3 aliphatic rings. The zero-order valence-electron chi connectivity index (χ0n) is 12.0. The molecule has 0 saturated heterocycles. The van der Waals surface area contributed by atoms with E-state index in [2.05, 4.69) is 0 Å². The molecule has 3 aliphatic carbocycles. The molecule has 0 aromatic heterocycles. The van der Waals surface area contributed by atoms with Crippen LogP contribution in [0, 0.1) is 17.3 Å². The molecule has 0 aliphatic heterocycles. The first-order valence-corrected chi connectivity index (χ1v) is 9.64. The quantitative estimate of drug-likeness (QED) is 0.815. The highest BCUT2D eigenvalue weighted by atomic mass is 32.2. The Morgan fingerprint density at radius 1 is 1.00 bits per heavy atom. The van der Waals surface area contributed by atoms with E-state index in [1.54, 1.807) is 0 Å². The Hall–Kier alpha value is -0.580. The van der Waals surface area contributed by atoms with Crippen LogP contribution < -0.4 is 5.73 Å². The van der Waals surface area contributed by atoms with Crippen molar-refractivity contribution >= 4 is 15.7 Å². The summed E-state index contributed by atoms with van der Waals surface area (Å²) in [6.45, 7) is 0. The maximum atomic E-state index is 12.3. The average molecular weight is 299 g/mol. The molecule has 1 amide bonds. The molecule has 5 heteroatoms. The zero-order chi connectivity index (χ0) is 14.4. The van der Waals surface area contributed by atoms with E-state index < -0.39 is 15.3 Å². The predicted octanol–water partition coefficient (Wildman–Crippen LogP) is 2.03. The largest absolute Gasteiger partial charge is 0.369 e. The Kier molecular flexibility index (Phi) is 3.59. The molecule has 3 rings (SSSR count). The van der Waals surface area contributed by atoms with Crippen molar-refractivity contribution in [1.29, 1.82) is 0 Å². The second-order valence-corrected chi connectivity index (χ2v) is 9.59. The third-order valence-electron chi connectivity index (χ3n) is 5.46. The van der Waals surface area contributed by atoms with E-state index >= 15 is 0 Å². The van der Waals surface area contributed by atoms with E-state index in [0.717, 1.165) is 19.3 Å². The molecule has 2 N–H and O–H groups in total. The molecule has 0 radical (unpaired) electrons. The molecular weight excluding hydrogens is 274 g/mol. The van der Waals surface area contributed by atoms with Crippen molar-refractivity contribution in [3.05, 3.63) is 0 Å². The number of primary amides is 1. The number of carbonyl (C=O) groups excluding carboxylic acids is 1. The van der Waals surface area contributed by atoms with Gasteiger partial charge in [0.05, 0.1) is 11.0 Å². The van der Waals surface area contributed by atoms with Crippen LogP contribution in [0.5, 0.6) is 0 Å². The fourth-order valence-corrected chi connectivity index (χ4v) is 5.89. The summed E-state index contributed by atoms with van der Waals surface area (Å²) in [5.74, 6) is 1.22. The zero-order valence-corrected chi connectivity index (χ0v) is 12.8. The minimum absolute atomic E-state index is 0.206. The first kappa shape index (κ1) is 14.4. The van der Waals surface area contributed by atoms with Gasteiger partial charge in [-0.15, -0.1) is 0 Å². The van der Waals surface area contributed by atoms with Gasteiger partial charge in [-0.3, -0.25) is 4.79 Å². The van der Waals surface area contributed by atoms with Crippen LogP contribution in [0.25, 0.3) is 0 Å². The van der Waals surface area contributed by atoms with Crippen molar-refractivity contribution in [3.63, 3.8) is 0 Å². The van der Waals surface area contributed by atoms with Crippen LogP contribution in [0.3, 0.4) is 0 Å². The van der Waals surface area contributed by atoms with Gasteiger partial charge in [0, 0.05) is 5.41 Å². The molecule has 0 unspecified atom stereocenters. The molecule has 114 valence electrons. The van der Waals surface area contributed by atoms with Crippen LogP contribution in [0.15, 0.2) is 0 Å². The van der Waals surface area contributed by atoms with Crippen LogP contribution in [0.1, 0.15) is 57.8 Å². The number of nitrogens with two attached hydrogens (primary N) is 1. The maximum Gasteiger partial charge on any atom is 0.223 e. The van der Waals surface area contributed by atoms with Crippen molar-refractivity contribution in [1.82, 2.24) is 0 Å². The summed E-state index contributed by atoms with van der Waals surface area (Å²) in [4.78, 5) is 11.9. The molecule has 3 fully saturated rings. The fourth-order valence-electron chi connectivity index (χ4n) is 3.68. The second kappa shape index (κ2) is 5.00. The van der Waals surface area contributed by atoms with Crippen LogP contribution in [-0.4, -0.2) is 25.3 Å². The average Bonchev–Trinajstić information content (AvgIpc) is 3.26. The van der Waals surface area contributed by atoms with Gasteiger partial charge in [0.1, 0.15) is 0 Å². The summed E-state index contributed by atoms with van der Waals surface area (Å²) in [6, 6.07) is 0. The van der Waals surface area contributed by atoms with Crippen molar-refractivity contribution in [2.45, 2.75) is 63.0 Å². The van der Waals surface area contributed by atoms with Crippen LogP contribution in [0.4, 0.5) is 0 Å². The predicted molar refractivity (Wildman–Crippen MR) is 77.7 cm³/mol. The Labute approximate surface area is 121 Å². The highest BCUT2D eigenvalue weighted by Crippen LogP contribution is 2.48. The third-order valence-corrected chi connectivity index (χ3v) is 7.88. The standard InChI is InChI=1S/C15H25NO3S/c16-14(17)15(9-11-1-2-11)7-5-13(6-8-15)20(18,19)10-12-3-4-12/h11-13H,1-10H2,(H2,16,17). The highest BCUT2D eigenvalue weighted by Gasteiger charge is 2.46. The van der Waals surface area contributed by atoms with Crippen molar-refractivity contribution in [2.75, 3.05) is 5.75 Å². The Bertz CT molecular complexity index is 483. The van der Waals surface area contributed by atoms with E-state index in [1.165, 1.54) is 12.8 Å². The molecule has 0 aromatic rings. The van der Waals surface area contributed by atoms with Gasteiger partial charge in [0.25, 0.3) is 0 Å². The fraction of sp³-hybridized carbons (Fsp3) is 0.933. The van der Waals surface area contributed by atoms with Gasteiger partial charge in [-0.1, -0.05) is 12.8 Å². The van der Waals surface area contributed by atoms with Crippen LogP contribution in [0.2, 0.25) is 0 Å². The number of carbonyl (C=O) groups is 1. The van der Waals surface area contributed by atoms with Gasteiger partial charge in [0.2, 0.25) is 5.91 Å². The monoisotopic (exact) mass is 299 g/mol. The number of hydrogen-bond acceptors (Lipinski definition) is 3. The highest BCUT2D eigenvalue weighted by molar-refractivity contribution is 7.92. The number of hydrogen-bond donors (Lipinski definition) is 1. The lowest BCUT2D eigenvalue weighted by atomic mass is 9.70. The van der Waals surface area contributed by atoms with E-state index in [0.29, 0.717) is 43.3 Å². The van der Waals surface area contributed by atoms with Crippen LogP contribution in [-0.2, 0) is 14.6 Å². The van der Waals surface area contributed by atoms with Gasteiger partial charge in [-0.2, -0.15) is 0 Å². The minimum Gasteiger partial charge on any atom is -0.369 e. The van der Waals surface area contributed by atoms with Gasteiger partial charge in [-0.05, 0) is 56.8 Å². The molecule has 0 bridgehead atoms. The molecule has 20 heavy (non-hydrogen) atoms. The number of amides is 1. The molecule has 3 saturated carbocycles. The Morgan fingerprint density at radius 2 is 1.55 bits per heavy atom. The lowest BCUT2D eigenvalue weighted by Crippen LogP contribution is -2.43. The normalized spacial score (nSPS) is 34.9. The topological polar surface area (TPSA) is 77.2 Å². The lowest BCUT2D eigenvalue weighted by Gasteiger charge is -2.37. The number of sulfone groups is 1. The molecule has 0 atom stereocenters. The van der Waals surface area contributed by atoms with E-state index in [1.807, 2.05) is 0 Å². The molecular formula is C15H25NO3S. The third kappa shape index (κ3) is 3.02. The number of rotatable bonds is 6. The summed E-state index contributed by atoms with van der Waals surface area (Å²) >= 11 is 0. The molecule has 4 nitrogen and oxygen atoms in total. The van der Waals surface area contributed by atoms with E-state index in [4.69, 9.17) is 5.73 Å². The van der Waals surface area contributed by atoms with Crippen molar-refractivity contribution < 1.29 is 13.2 Å². The van der Waals surface area contributed by atoms with Gasteiger partial charge < -0.3 is 5.73 Å². The lowest BCUT2D eigenvalue weighted by molar-refractivity contribution is -0.130. The van der Waals surface area contributed by atoms with Gasteiger partial charge in [0.15, 0.2) is 9.84 Å². The summed E-state index contributed by atoms with van der Waals surface area (Å²) in [6.07, 6.45) is 8.04. The van der Waals surface area contributed by atoms with E-state index in [-0.39, 0.29) is 11.2 Å². The maximum absolute atomic E-state index is 12.3. The Balaban J connectivity index is 1.63. The molecule has 0 spiro atoms. The van der Waals surface area contributed by atoms with Crippen molar-refractivity contribution in [2.24, 2.45) is 23.0 Å². The minimum atomic E-state index is -2.96. The van der Waals surface area contributed by atoms with Crippen molar-refractivity contribution in [3.8, 4) is 0 Å². The van der Waals surface area contributed by atoms with E-state index in [9.17, 15) is 13.2 Å². The van der Waals surface area contributed by atoms with Gasteiger partial charge >= 0.3 is 0 Å². The second-order valence-electron chi connectivity index (χ2n) is 7.26. The first-order valence-electron chi connectivity index (χ1n) is 7.93. The smallest absolute Gasteiger partial charge is 0.223 e. The Morgan fingerprint density at radius 3 is 2.00 bits per heavy atom. The SMILES string of the molecule is NC(=O)C1(CC2CC2)CCC(S(=O)(=O)CC2CC2)CC1. The summed E-state index contributed by atoms with van der Waals surface area (Å²) < 4.78 is 24.7. The van der Waals surface area contributed by atoms with Gasteiger partial charge in [-0.25, -0.2) is 8.42 Å². The van der Waals surface area contributed by atoms with Crippen LogP contribution >= 0.6 is 0 Å². The molecule has 0 heterocycles. The summed E-state index contributed by atoms with van der Waals surface area (Å²) in [5.41, 5.74) is 5.23. The summed E-state index contributed by atoms with van der Waals surface area (Å²) in [7, 11) is -2.96.